The molecule has 0 radical (unpaired) electrons. The van der Waals surface area contributed by atoms with Crippen LogP contribution in [-0.4, -0.2) is 31.4 Å². The Labute approximate surface area is 175 Å². The molecule has 0 aliphatic rings. The Bertz CT molecular complexity index is 1150. The van der Waals surface area contributed by atoms with Gasteiger partial charge in [-0.15, -0.1) is 10.2 Å². The maximum atomic E-state index is 12.3. The Balaban J connectivity index is 1.41. The number of amides is 1. The molecule has 1 N–H and O–H groups in total. The van der Waals surface area contributed by atoms with E-state index in [1.165, 1.54) is 28.7 Å². The number of aryl methyl sites for hydroxylation is 1. The predicted molar refractivity (Wildman–Crippen MR) is 115 cm³/mol. The number of hydrogen-bond donors (Lipinski definition) is 1. The molecular weight excluding hydrogens is 414 g/mol. The fourth-order valence-electron chi connectivity index (χ4n) is 2.66. The van der Waals surface area contributed by atoms with Crippen molar-refractivity contribution in [3.05, 3.63) is 53.1 Å². The van der Waals surface area contributed by atoms with Crippen LogP contribution in [0.2, 0.25) is 5.02 Å². The zero-order valence-electron chi connectivity index (χ0n) is 15.1. The van der Waals surface area contributed by atoms with Gasteiger partial charge in [-0.05, 0) is 48.9 Å². The molecule has 0 saturated heterocycles. The van der Waals surface area contributed by atoms with Crippen molar-refractivity contribution in [2.24, 2.45) is 7.05 Å². The molecule has 0 bridgehead atoms. The summed E-state index contributed by atoms with van der Waals surface area (Å²) in [6.07, 6.45) is 0. The molecule has 28 heavy (non-hydrogen) atoms. The maximum Gasteiger partial charge on any atom is 0.236 e. The van der Waals surface area contributed by atoms with Gasteiger partial charge in [0.2, 0.25) is 5.91 Å². The lowest BCUT2D eigenvalue weighted by Crippen LogP contribution is -2.14. The largest absolute Gasteiger partial charge is 0.305 e. The van der Waals surface area contributed by atoms with Crippen molar-refractivity contribution in [2.45, 2.75) is 12.1 Å². The van der Waals surface area contributed by atoms with Gasteiger partial charge in [-0.3, -0.25) is 4.79 Å². The van der Waals surface area contributed by atoms with Crippen LogP contribution in [0.25, 0.3) is 21.6 Å². The molecule has 0 aliphatic carbocycles. The third-order valence-electron chi connectivity index (χ3n) is 4.06. The van der Waals surface area contributed by atoms with Gasteiger partial charge in [-0.2, -0.15) is 0 Å². The molecule has 142 valence electrons. The van der Waals surface area contributed by atoms with Crippen LogP contribution >= 0.6 is 34.7 Å². The van der Waals surface area contributed by atoms with E-state index in [1.807, 2.05) is 54.9 Å². The molecule has 2 aromatic heterocycles. The zero-order valence-corrected chi connectivity index (χ0v) is 17.5. The number of fused-ring (bicyclic) bond motifs is 1. The zero-order chi connectivity index (χ0) is 19.7. The van der Waals surface area contributed by atoms with Crippen molar-refractivity contribution >= 4 is 56.0 Å². The summed E-state index contributed by atoms with van der Waals surface area (Å²) in [6.45, 7) is 2.03. The molecule has 4 aromatic rings. The van der Waals surface area contributed by atoms with Crippen LogP contribution in [0.4, 0.5) is 5.13 Å². The molecule has 4 rings (SSSR count). The standard InChI is InChI=1S/C19H16ClN5OS2/c1-11-3-8-14-15(9-11)28-18(21-14)22-16(26)10-27-19-24-23-17(25(19)2)12-4-6-13(20)7-5-12/h3-9H,10H2,1-2H3,(H,21,22,26). The number of thioether (sulfide) groups is 1. The predicted octanol–water partition coefficient (Wildman–Crippen LogP) is 4.78. The lowest BCUT2D eigenvalue weighted by Gasteiger charge is -2.04. The number of hydrogen-bond acceptors (Lipinski definition) is 6. The van der Waals surface area contributed by atoms with E-state index < -0.39 is 0 Å². The monoisotopic (exact) mass is 429 g/mol. The van der Waals surface area contributed by atoms with Crippen molar-refractivity contribution in [2.75, 3.05) is 11.1 Å². The van der Waals surface area contributed by atoms with Gasteiger partial charge >= 0.3 is 0 Å². The van der Waals surface area contributed by atoms with E-state index in [9.17, 15) is 4.79 Å². The molecule has 0 aliphatic heterocycles. The molecule has 2 aromatic carbocycles. The molecule has 0 unspecified atom stereocenters. The summed E-state index contributed by atoms with van der Waals surface area (Å²) >= 11 is 8.73. The average molecular weight is 430 g/mol. The molecule has 1 amide bonds. The summed E-state index contributed by atoms with van der Waals surface area (Å²) in [5.41, 5.74) is 2.98. The Morgan fingerprint density at radius 1 is 1.21 bits per heavy atom. The topological polar surface area (TPSA) is 72.7 Å². The van der Waals surface area contributed by atoms with Gasteiger partial charge in [-0.25, -0.2) is 4.98 Å². The molecule has 2 heterocycles. The number of carbonyl (C=O) groups is 1. The first-order chi connectivity index (χ1) is 13.5. The van der Waals surface area contributed by atoms with Gasteiger partial charge in [-0.1, -0.05) is 40.8 Å². The number of benzene rings is 2. The van der Waals surface area contributed by atoms with Gasteiger partial charge in [0.05, 0.1) is 16.0 Å². The first-order valence-electron chi connectivity index (χ1n) is 8.45. The normalized spacial score (nSPS) is 11.1. The van der Waals surface area contributed by atoms with Gasteiger partial charge in [0.15, 0.2) is 16.1 Å². The summed E-state index contributed by atoms with van der Waals surface area (Å²) in [6, 6.07) is 13.4. The SMILES string of the molecule is Cc1ccc2nc(NC(=O)CSc3nnc(-c4ccc(Cl)cc4)n3C)sc2c1. The minimum absolute atomic E-state index is 0.128. The fourth-order valence-corrected chi connectivity index (χ4v) is 4.48. The first kappa shape index (κ1) is 18.9. The maximum absolute atomic E-state index is 12.3. The van der Waals surface area contributed by atoms with Gasteiger partial charge in [0.25, 0.3) is 0 Å². The smallest absolute Gasteiger partial charge is 0.236 e. The van der Waals surface area contributed by atoms with Crippen LogP contribution in [0.1, 0.15) is 5.56 Å². The summed E-state index contributed by atoms with van der Waals surface area (Å²) in [5, 5.41) is 13.2. The molecule has 6 nitrogen and oxygen atoms in total. The number of anilines is 1. The van der Waals surface area contributed by atoms with Crippen molar-refractivity contribution in [3.8, 4) is 11.4 Å². The number of halogens is 1. The molecule has 0 saturated carbocycles. The molecule has 9 heteroatoms. The van der Waals surface area contributed by atoms with E-state index in [2.05, 4.69) is 26.6 Å². The Morgan fingerprint density at radius 3 is 2.79 bits per heavy atom. The van der Waals surface area contributed by atoms with Gasteiger partial charge in [0.1, 0.15) is 0 Å². The van der Waals surface area contributed by atoms with Crippen molar-refractivity contribution < 1.29 is 4.79 Å². The second-order valence-electron chi connectivity index (χ2n) is 6.20. The van der Waals surface area contributed by atoms with E-state index in [0.29, 0.717) is 15.3 Å². The number of nitrogens with zero attached hydrogens (tertiary/aromatic N) is 4. The third kappa shape index (κ3) is 4.04. The minimum atomic E-state index is -0.128. The van der Waals surface area contributed by atoms with Gasteiger partial charge < -0.3 is 9.88 Å². The number of rotatable bonds is 5. The highest BCUT2D eigenvalue weighted by Crippen LogP contribution is 2.27. The lowest BCUT2D eigenvalue weighted by atomic mass is 10.2. The van der Waals surface area contributed by atoms with Crippen molar-refractivity contribution in [3.63, 3.8) is 0 Å². The molecule has 0 fully saturated rings. The summed E-state index contributed by atoms with van der Waals surface area (Å²) in [4.78, 5) is 16.8. The van der Waals surface area contributed by atoms with Crippen LogP contribution in [0, 0.1) is 6.92 Å². The van der Waals surface area contributed by atoms with Crippen LogP contribution in [0.5, 0.6) is 0 Å². The van der Waals surface area contributed by atoms with Crippen LogP contribution < -0.4 is 5.32 Å². The van der Waals surface area contributed by atoms with Crippen LogP contribution in [0.3, 0.4) is 0 Å². The second-order valence-corrected chi connectivity index (χ2v) is 8.61. The third-order valence-corrected chi connectivity index (χ3v) is 6.27. The second kappa shape index (κ2) is 7.90. The highest BCUT2D eigenvalue weighted by molar-refractivity contribution is 7.99. The first-order valence-corrected chi connectivity index (χ1v) is 10.6. The number of aromatic nitrogens is 4. The van der Waals surface area contributed by atoms with Crippen LogP contribution in [-0.2, 0) is 11.8 Å². The van der Waals surface area contributed by atoms with Crippen molar-refractivity contribution in [1.82, 2.24) is 19.7 Å². The Morgan fingerprint density at radius 2 is 2.00 bits per heavy atom. The average Bonchev–Trinajstić information content (AvgIpc) is 3.23. The highest BCUT2D eigenvalue weighted by atomic mass is 35.5. The Kier molecular flexibility index (Phi) is 5.34. The summed E-state index contributed by atoms with van der Waals surface area (Å²) in [7, 11) is 1.88. The fraction of sp³-hybridized carbons (Fsp3) is 0.158. The van der Waals surface area contributed by atoms with E-state index in [-0.39, 0.29) is 11.7 Å². The van der Waals surface area contributed by atoms with Crippen molar-refractivity contribution in [1.29, 1.82) is 0 Å². The van der Waals surface area contributed by atoms with E-state index in [1.54, 1.807) is 0 Å². The van der Waals surface area contributed by atoms with Crippen LogP contribution in [0.15, 0.2) is 47.6 Å². The molecular formula is C19H16ClN5OS2. The number of thiazole rings is 1. The lowest BCUT2D eigenvalue weighted by molar-refractivity contribution is -0.113. The Hall–Kier alpha value is -2.42. The van der Waals surface area contributed by atoms with E-state index in [0.717, 1.165) is 21.6 Å². The number of nitrogens with one attached hydrogen (secondary N) is 1. The quantitative estimate of drug-likeness (QED) is 0.462. The van der Waals surface area contributed by atoms with Gasteiger partial charge in [0, 0.05) is 17.6 Å². The van der Waals surface area contributed by atoms with E-state index >= 15 is 0 Å². The number of carbonyl (C=O) groups excluding carboxylic acids is 1. The summed E-state index contributed by atoms with van der Waals surface area (Å²) in [5.74, 6) is 0.819. The molecule has 0 spiro atoms. The summed E-state index contributed by atoms with van der Waals surface area (Å²) < 4.78 is 2.92. The minimum Gasteiger partial charge on any atom is -0.305 e. The van der Waals surface area contributed by atoms with E-state index in [4.69, 9.17) is 11.6 Å². The highest BCUT2D eigenvalue weighted by Gasteiger charge is 2.14. The molecule has 0 atom stereocenters.